The Hall–Kier alpha value is 0.160. The molecule has 0 aromatic carbocycles. The van der Waals surface area contributed by atoms with Gasteiger partial charge in [0.05, 0.1) is 3.42 Å². The van der Waals surface area contributed by atoms with Gasteiger partial charge in [0, 0.05) is 0 Å². The molecule has 1 amide bonds. The van der Waals surface area contributed by atoms with Gasteiger partial charge in [-0.2, -0.15) is 0 Å². The van der Waals surface area contributed by atoms with E-state index in [9.17, 15) is 4.79 Å². The molecule has 60 valence electrons. The number of halogens is 1. The van der Waals surface area contributed by atoms with E-state index >= 15 is 0 Å². The Kier molecular flexibility index (Phi) is 3.58. The molecule has 0 fully saturated rings. The first-order valence-electron chi connectivity index (χ1n) is 3.02. The molecule has 3 nitrogen and oxygen atoms in total. The summed E-state index contributed by atoms with van der Waals surface area (Å²) in [7, 11) is 0. The summed E-state index contributed by atoms with van der Waals surface area (Å²) in [6, 6.07) is 0. The van der Waals surface area contributed by atoms with Crippen LogP contribution in [0.4, 0.5) is 0 Å². The third-order valence-corrected chi connectivity index (χ3v) is 1.37. The first-order valence-corrected chi connectivity index (χ1v) is 4.10. The molecule has 0 bridgehead atoms. The van der Waals surface area contributed by atoms with Crippen LogP contribution in [0.25, 0.3) is 0 Å². The second kappa shape index (κ2) is 3.52. The second-order valence-corrected chi connectivity index (χ2v) is 5.32. The van der Waals surface area contributed by atoms with Gasteiger partial charge in [-0.3, -0.25) is 4.79 Å². The first-order chi connectivity index (χ1) is 4.34. The van der Waals surface area contributed by atoms with E-state index in [2.05, 4.69) is 5.32 Å². The summed E-state index contributed by atoms with van der Waals surface area (Å²) >= 11 is 2.01. The molecule has 2 N–H and O–H groups in total. The zero-order chi connectivity index (χ0) is 8.36. The lowest BCUT2D eigenvalue weighted by Gasteiger charge is -2.17. The third kappa shape index (κ3) is 4.05. The van der Waals surface area contributed by atoms with Gasteiger partial charge in [0.15, 0.2) is 0 Å². The maximum Gasteiger partial charge on any atom is 0.237 e. The van der Waals surface area contributed by atoms with E-state index in [1.807, 2.05) is 22.6 Å². The smallest absolute Gasteiger partial charge is 0.237 e. The predicted octanol–water partition coefficient (Wildman–Crippen LogP) is 0.654. The Morgan fingerprint density at radius 1 is 1.70 bits per heavy atom. The van der Waals surface area contributed by atoms with Gasteiger partial charge in [-0.05, 0) is 20.8 Å². The minimum absolute atomic E-state index is 0.150. The Morgan fingerprint density at radius 3 is 2.20 bits per heavy atom. The van der Waals surface area contributed by atoms with E-state index in [-0.39, 0.29) is 5.91 Å². The van der Waals surface area contributed by atoms with Crippen molar-refractivity contribution >= 4 is 28.5 Å². The topological polar surface area (TPSA) is 49.3 Å². The lowest BCUT2D eigenvalue weighted by atomic mass is 10.2. The van der Waals surface area contributed by atoms with E-state index in [1.165, 1.54) is 6.92 Å². The Labute approximate surface area is 74.3 Å². The number of hydrogen-bond acceptors (Lipinski definition) is 2. The molecule has 1 atom stereocenters. The van der Waals surface area contributed by atoms with Crippen molar-refractivity contribution in [2.75, 3.05) is 0 Å². The van der Waals surface area contributed by atoms with Crippen molar-refractivity contribution in [3.63, 3.8) is 0 Å². The molecule has 0 aliphatic heterocycles. The molecule has 0 aromatic heterocycles. The number of hydrogen-bond donors (Lipinski definition) is 2. The highest BCUT2D eigenvalue weighted by Gasteiger charge is 2.23. The van der Waals surface area contributed by atoms with E-state index in [1.54, 1.807) is 13.8 Å². The first kappa shape index (κ1) is 10.2. The summed E-state index contributed by atoms with van der Waals surface area (Å²) in [4.78, 5) is 11.0. The summed E-state index contributed by atoms with van der Waals surface area (Å²) < 4.78 is -0.450. The molecule has 10 heavy (non-hydrogen) atoms. The number of carbonyl (C=O) groups excluding carboxylic acids is 1. The van der Waals surface area contributed by atoms with Crippen LogP contribution in [0.5, 0.6) is 0 Å². The van der Waals surface area contributed by atoms with Crippen LogP contribution in [-0.4, -0.2) is 20.7 Å². The van der Waals surface area contributed by atoms with E-state index in [0.29, 0.717) is 0 Å². The molecule has 0 spiro atoms. The third-order valence-electron chi connectivity index (χ3n) is 0.880. The number of aliphatic hydroxyl groups is 1. The van der Waals surface area contributed by atoms with Crippen LogP contribution in [0, 0.1) is 0 Å². The minimum atomic E-state index is -0.762. The Morgan fingerprint density at radius 2 is 2.10 bits per heavy atom. The fraction of sp³-hybridized carbons (Fsp3) is 0.833. The fourth-order valence-electron chi connectivity index (χ4n) is 0.361. The standard InChI is InChI=1S/C6H12INO2/c1-4(9)8-5(10)6(2,3)7/h4,9H,1-3H3,(H,8,10). The minimum Gasteiger partial charge on any atom is -0.374 e. The zero-order valence-electron chi connectivity index (χ0n) is 6.31. The number of nitrogens with one attached hydrogen (secondary N) is 1. The molecular formula is C6H12INO2. The lowest BCUT2D eigenvalue weighted by molar-refractivity contribution is -0.124. The molecule has 0 saturated heterocycles. The van der Waals surface area contributed by atoms with Gasteiger partial charge in [0.25, 0.3) is 0 Å². The molecule has 0 heterocycles. The number of rotatable bonds is 2. The van der Waals surface area contributed by atoms with Crippen LogP contribution in [0.1, 0.15) is 20.8 Å². The SMILES string of the molecule is CC(O)NC(=O)C(C)(C)I. The van der Waals surface area contributed by atoms with Gasteiger partial charge in [-0.1, -0.05) is 22.6 Å². The number of aliphatic hydroxyl groups excluding tert-OH is 1. The number of alkyl halides is 1. The van der Waals surface area contributed by atoms with Crippen molar-refractivity contribution in [2.24, 2.45) is 0 Å². The molecule has 0 radical (unpaired) electrons. The van der Waals surface area contributed by atoms with Crippen LogP contribution in [-0.2, 0) is 4.79 Å². The molecule has 0 aliphatic carbocycles. The van der Waals surface area contributed by atoms with Crippen molar-refractivity contribution in [1.29, 1.82) is 0 Å². The molecule has 0 aliphatic rings. The van der Waals surface area contributed by atoms with Crippen LogP contribution in [0.2, 0.25) is 0 Å². The maximum atomic E-state index is 11.0. The van der Waals surface area contributed by atoms with Gasteiger partial charge in [-0.15, -0.1) is 0 Å². The van der Waals surface area contributed by atoms with Crippen molar-refractivity contribution in [3.05, 3.63) is 0 Å². The van der Waals surface area contributed by atoms with Gasteiger partial charge in [0.1, 0.15) is 6.23 Å². The average Bonchev–Trinajstić information content (AvgIpc) is 1.60. The van der Waals surface area contributed by atoms with Crippen LogP contribution in [0.15, 0.2) is 0 Å². The average molecular weight is 257 g/mol. The maximum absolute atomic E-state index is 11.0. The zero-order valence-corrected chi connectivity index (χ0v) is 8.47. The van der Waals surface area contributed by atoms with Gasteiger partial charge in [0.2, 0.25) is 5.91 Å². The van der Waals surface area contributed by atoms with E-state index in [0.717, 1.165) is 0 Å². The summed E-state index contributed by atoms with van der Waals surface area (Å²) in [6.07, 6.45) is -0.762. The van der Waals surface area contributed by atoms with Gasteiger partial charge < -0.3 is 10.4 Å². The summed E-state index contributed by atoms with van der Waals surface area (Å²) in [5.74, 6) is -0.150. The van der Waals surface area contributed by atoms with Crippen LogP contribution < -0.4 is 5.32 Å². The van der Waals surface area contributed by atoms with E-state index in [4.69, 9.17) is 5.11 Å². The Bertz CT molecular complexity index is 128. The van der Waals surface area contributed by atoms with Crippen molar-refractivity contribution in [2.45, 2.75) is 30.4 Å². The monoisotopic (exact) mass is 257 g/mol. The van der Waals surface area contributed by atoms with Crippen molar-refractivity contribution in [3.8, 4) is 0 Å². The van der Waals surface area contributed by atoms with Crippen LogP contribution in [0.3, 0.4) is 0 Å². The highest BCUT2D eigenvalue weighted by Crippen LogP contribution is 2.16. The number of amides is 1. The molecule has 0 aromatic rings. The quantitative estimate of drug-likeness (QED) is 0.433. The molecule has 4 heteroatoms. The highest BCUT2D eigenvalue weighted by molar-refractivity contribution is 14.1. The van der Waals surface area contributed by atoms with Crippen molar-refractivity contribution < 1.29 is 9.90 Å². The molecule has 0 rings (SSSR count). The summed E-state index contributed by atoms with van der Waals surface area (Å²) in [6.45, 7) is 5.08. The number of carbonyl (C=O) groups is 1. The lowest BCUT2D eigenvalue weighted by Crippen LogP contribution is -2.42. The second-order valence-electron chi connectivity index (χ2n) is 2.62. The molecular weight excluding hydrogens is 245 g/mol. The van der Waals surface area contributed by atoms with Crippen molar-refractivity contribution in [1.82, 2.24) is 5.32 Å². The predicted molar refractivity (Wildman–Crippen MR) is 47.9 cm³/mol. The van der Waals surface area contributed by atoms with Gasteiger partial charge >= 0.3 is 0 Å². The summed E-state index contributed by atoms with van der Waals surface area (Å²) in [5.41, 5.74) is 0. The molecule has 0 saturated carbocycles. The van der Waals surface area contributed by atoms with Gasteiger partial charge in [-0.25, -0.2) is 0 Å². The fourth-order valence-corrected chi connectivity index (χ4v) is 0.517. The van der Waals surface area contributed by atoms with E-state index < -0.39 is 9.65 Å². The normalized spacial score (nSPS) is 14.5. The molecule has 1 unspecified atom stereocenters. The highest BCUT2D eigenvalue weighted by atomic mass is 127. The Balaban J connectivity index is 3.87. The van der Waals surface area contributed by atoms with Crippen LogP contribution >= 0.6 is 22.6 Å². The summed E-state index contributed by atoms with van der Waals surface area (Å²) in [5, 5.41) is 11.1. The largest absolute Gasteiger partial charge is 0.374 e.